The van der Waals surface area contributed by atoms with E-state index in [1.54, 1.807) is 0 Å². The molecule has 1 unspecified atom stereocenters. The Morgan fingerprint density at radius 2 is 2.05 bits per heavy atom. The van der Waals surface area contributed by atoms with Crippen molar-refractivity contribution in [3.8, 4) is 0 Å². The fraction of sp³-hybridized carbons (Fsp3) is 0.316. The van der Waals surface area contributed by atoms with Crippen LogP contribution >= 0.6 is 0 Å². The molecule has 0 spiro atoms. The number of rotatable bonds is 3. The molecule has 3 nitrogen and oxygen atoms in total. The van der Waals surface area contributed by atoms with Crippen LogP contribution in [-0.4, -0.2) is 28.0 Å². The van der Waals surface area contributed by atoms with Crippen molar-refractivity contribution in [1.29, 1.82) is 0 Å². The number of hydrogen-bond donors (Lipinski definition) is 1. The van der Waals surface area contributed by atoms with Crippen LogP contribution in [0.25, 0.3) is 11.0 Å². The van der Waals surface area contributed by atoms with Gasteiger partial charge in [0.1, 0.15) is 5.82 Å². The van der Waals surface area contributed by atoms with Gasteiger partial charge in [0.2, 0.25) is 0 Å². The average molecular weight is 291 g/mol. The van der Waals surface area contributed by atoms with E-state index in [4.69, 9.17) is 4.98 Å². The third-order valence-electron chi connectivity index (χ3n) is 4.56. The van der Waals surface area contributed by atoms with Crippen LogP contribution in [0.15, 0.2) is 48.5 Å². The summed E-state index contributed by atoms with van der Waals surface area (Å²) in [6.07, 6.45) is 1.19. The van der Waals surface area contributed by atoms with Crippen LogP contribution in [0, 0.1) is 6.92 Å². The Kier molecular flexibility index (Phi) is 3.43. The second-order valence-corrected chi connectivity index (χ2v) is 6.35. The first kappa shape index (κ1) is 13.5. The quantitative estimate of drug-likeness (QED) is 0.794. The Hall–Kier alpha value is -2.13. The van der Waals surface area contributed by atoms with Crippen molar-refractivity contribution in [2.24, 2.45) is 0 Å². The summed E-state index contributed by atoms with van der Waals surface area (Å²) in [5, 5.41) is 0. The van der Waals surface area contributed by atoms with Gasteiger partial charge in [-0.05, 0) is 43.1 Å². The van der Waals surface area contributed by atoms with Gasteiger partial charge in [-0.2, -0.15) is 0 Å². The summed E-state index contributed by atoms with van der Waals surface area (Å²) >= 11 is 0. The number of hydrogen-bond acceptors (Lipinski definition) is 2. The van der Waals surface area contributed by atoms with E-state index in [2.05, 4.69) is 65.3 Å². The first-order valence-electron chi connectivity index (χ1n) is 8.00. The predicted molar refractivity (Wildman–Crippen MR) is 89.9 cm³/mol. The number of nitrogens with one attached hydrogen (secondary N) is 1. The lowest BCUT2D eigenvalue weighted by molar-refractivity contribution is 0.326. The zero-order chi connectivity index (χ0) is 14.9. The maximum atomic E-state index is 4.80. The molecule has 1 N–H and O–H groups in total. The SMILES string of the molecule is Cc1ccc2nc(C3CCN(Cc4ccccc4)C3)[nH]c2c1. The van der Waals surface area contributed by atoms with Gasteiger partial charge < -0.3 is 4.98 Å². The maximum Gasteiger partial charge on any atom is 0.111 e. The molecule has 0 bridgehead atoms. The highest BCUT2D eigenvalue weighted by atomic mass is 15.2. The number of aryl methyl sites for hydroxylation is 1. The fourth-order valence-corrected chi connectivity index (χ4v) is 3.38. The average Bonchev–Trinajstić information content (AvgIpc) is 3.14. The highest BCUT2D eigenvalue weighted by Gasteiger charge is 2.26. The molecule has 2 aromatic carbocycles. The van der Waals surface area contributed by atoms with E-state index in [1.165, 1.54) is 17.5 Å². The minimum absolute atomic E-state index is 0.524. The zero-order valence-electron chi connectivity index (χ0n) is 12.9. The molecule has 1 aromatic heterocycles. The minimum atomic E-state index is 0.524. The van der Waals surface area contributed by atoms with Gasteiger partial charge in [-0.15, -0.1) is 0 Å². The summed E-state index contributed by atoms with van der Waals surface area (Å²) in [6.45, 7) is 5.40. The lowest BCUT2D eigenvalue weighted by Gasteiger charge is -2.15. The zero-order valence-corrected chi connectivity index (χ0v) is 12.9. The summed E-state index contributed by atoms with van der Waals surface area (Å²) < 4.78 is 0. The largest absolute Gasteiger partial charge is 0.342 e. The van der Waals surface area contributed by atoms with Crippen LogP contribution in [0.4, 0.5) is 0 Å². The molecular formula is C19H21N3. The molecule has 3 heteroatoms. The summed E-state index contributed by atoms with van der Waals surface area (Å²) in [6, 6.07) is 17.1. The monoisotopic (exact) mass is 291 g/mol. The van der Waals surface area contributed by atoms with Gasteiger partial charge >= 0.3 is 0 Å². The van der Waals surface area contributed by atoms with Gasteiger partial charge in [0.25, 0.3) is 0 Å². The van der Waals surface area contributed by atoms with Crippen molar-refractivity contribution < 1.29 is 0 Å². The number of aromatic amines is 1. The predicted octanol–water partition coefficient (Wildman–Crippen LogP) is 3.86. The second-order valence-electron chi connectivity index (χ2n) is 6.35. The molecule has 0 aliphatic carbocycles. The molecule has 0 amide bonds. The molecule has 1 fully saturated rings. The Morgan fingerprint density at radius 1 is 1.18 bits per heavy atom. The van der Waals surface area contributed by atoms with Crippen molar-refractivity contribution in [2.75, 3.05) is 13.1 Å². The molecule has 2 heterocycles. The molecular weight excluding hydrogens is 270 g/mol. The number of benzene rings is 2. The lowest BCUT2D eigenvalue weighted by Crippen LogP contribution is -2.19. The molecule has 1 aliphatic rings. The van der Waals surface area contributed by atoms with E-state index in [0.717, 1.165) is 36.5 Å². The van der Waals surface area contributed by atoms with E-state index in [9.17, 15) is 0 Å². The minimum Gasteiger partial charge on any atom is -0.342 e. The van der Waals surface area contributed by atoms with Crippen molar-refractivity contribution in [1.82, 2.24) is 14.9 Å². The molecule has 3 aromatic rings. The van der Waals surface area contributed by atoms with Gasteiger partial charge in [0.15, 0.2) is 0 Å². The molecule has 1 aliphatic heterocycles. The van der Waals surface area contributed by atoms with Gasteiger partial charge in [0.05, 0.1) is 11.0 Å². The van der Waals surface area contributed by atoms with E-state index in [1.807, 2.05) is 0 Å². The number of imidazole rings is 1. The highest BCUT2D eigenvalue weighted by Crippen LogP contribution is 2.28. The number of fused-ring (bicyclic) bond motifs is 1. The molecule has 4 rings (SSSR count). The van der Waals surface area contributed by atoms with E-state index in [-0.39, 0.29) is 0 Å². The molecule has 1 atom stereocenters. The van der Waals surface area contributed by atoms with Crippen LogP contribution in [0.5, 0.6) is 0 Å². The van der Waals surface area contributed by atoms with Crippen LogP contribution in [0.3, 0.4) is 0 Å². The Bertz CT molecular complexity index is 776. The number of aromatic nitrogens is 2. The van der Waals surface area contributed by atoms with Gasteiger partial charge in [0, 0.05) is 19.0 Å². The van der Waals surface area contributed by atoms with Gasteiger partial charge in [-0.1, -0.05) is 36.4 Å². The highest BCUT2D eigenvalue weighted by molar-refractivity contribution is 5.75. The number of nitrogens with zero attached hydrogens (tertiary/aromatic N) is 2. The lowest BCUT2D eigenvalue weighted by atomic mass is 10.1. The van der Waals surface area contributed by atoms with Crippen molar-refractivity contribution >= 4 is 11.0 Å². The van der Waals surface area contributed by atoms with Crippen molar-refractivity contribution in [3.05, 3.63) is 65.5 Å². The molecule has 0 saturated carbocycles. The topological polar surface area (TPSA) is 31.9 Å². The van der Waals surface area contributed by atoms with Crippen LogP contribution in [0.2, 0.25) is 0 Å². The second kappa shape index (κ2) is 5.58. The molecule has 0 radical (unpaired) electrons. The van der Waals surface area contributed by atoms with Crippen molar-refractivity contribution in [3.63, 3.8) is 0 Å². The Balaban J connectivity index is 1.49. The summed E-state index contributed by atoms with van der Waals surface area (Å²) in [4.78, 5) is 10.8. The first-order valence-corrected chi connectivity index (χ1v) is 8.00. The third-order valence-corrected chi connectivity index (χ3v) is 4.56. The number of likely N-dealkylation sites (tertiary alicyclic amines) is 1. The fourth-order valence-electron chi connectivity index (χ4n) is 3.38. The normalized spacial score (nSPS) is 19.0. The summed E-state index contributed by atoms with van der Waals surface area (Å²) in [7, 11) is 0. The maximum absolute atomic E-state index is 4.80. The molecule has 1 saturated heterocycles. The third kappa shape index (κ3) is 2.64. The first-order chi connectivity index (χ1) is 10.8. The molecule has 112 valence electrons. The Labute approximate surface area is 131 Å². The van der Waals surface area contributed by atoms with Crippen LogP contribution in [0.1, 0.15) is 29.3 Å². The number of H-pyrrole nitrogens is 1. The van der Waals surface area contributed by atoms with E-state index >= 15 is 0 Å². The standard InChI is InChI=1S/C19H21N3/c1-14-7-8-17-18(11-14)21-19(20-17)16-9-10-22(13-16)12-15-5-3-2-4-6-15/h2-8,11,16H,9-10,12-13H2,1H3,(H,20,21). The van der Waals surface area contributed by atoms with Crippen LogP contribution in [-0.2, 0) is 6.54 Å². The van der Waals surface area contributed by atoms with Crippen LogP contribution < -0.4 is 0 Å². The van der Waals surface area contributed by atoms with Gasteiger partial charge in [-0.3, -0.25) is 4.90 Å². The van der Waals surface area contributed by atoms with E-state index in [0.29, 0.717) is 5.92 Å². The summed E-state index contributed by atoms with van der Waals surface area (Å²) in [5.41, 5.74) is 4.92. The Morgan fingerprint density at radius 3 is 2.91 bits per heavy atom. The molecule has 22 heavy (non-hydrogen) atoms. The van der Waals surface area contributed by atoms with Crippen molar-refractivity contribution in [2.45, 2.75) is 25.8 Å². The van der Waals surface area contributed by atoms with Gasteiger partial charge in [-0.25, -0.2) is 4.98 Å². The smallest absolute Gasteiger partial charge is 0.111 e. The van der Waals surface area contributed by atoms with E-state index < -0.39 is 0 Å². The summed E-state index contributed by atoms with van der Waals surface area (Å²) in [5.74, 6) is 1.67.